The van der Waals surface area contributed by atoms with Gasteiger partial charge in [0, 0.05) is 11.5 Å². The highest BCUT2D eigenvalue weighted by molar-refractivity contribution is 5.51. The maximum atomic E-state index is 5.86. The predicted octanol–water partition coefficient (Wildman–Crippen LogP) is 4.42. The number of hydrogen-bond donors (Lipinski definition) is 0. The third-order valence-electron chi connectivity index (χ3n) is 4.23. The van der Waals surface area contributed by atoms with Gasteiger partial charge in [-0.25, -0.2) is 0 Å². The van der Waals surface area contributed by atoms with Gasteiger partial charge in [0.2, 0.25) is 11.8 Å². The van der Waals surface area contributed by atoms with Gasteiger partial charge in [0.15, 0.2) is 0 Å². The quantitative estimate of drug-likeness (QED) is 0.816. The summed E-state index contributed by atoms with van der Waals surface area (Å²) in [5, 5.41) is 8.43. The molecule has 1 heterocycles. The van der Waals surface area contributed by atoms with Crippen molar-refractivity contribution in [3.05, 3.63) is 36.2 Å². The van der Waals surface area contributed by atoms with Crippen molar-refractivity contribution in [1.82, 2.24) is 10.2 Å². The van der Waals surface area contributed by atoms with E-state index < -0.39 is 0 Å². The predicted molar refractivity (Wildman–Crippen MR) is 74.7 cm³/mol. The molecule has 0 aliphatic heterocycles. The minimum absolute atomic E-state index is 0.466. The third kappa shape index (κ3) is 2.70. The molecule has 0 saturated heterocycles. The lowest BCUT2D eigenvalue weighted by Gasteiger charge is -2.25. The number of benzene rings is 1. The van der Waals surface area contributed by atoms with E-state index in [1.807, 2.05) is 30.3 Å². The van der Waals surface area contributed by atoms with Crippen molar-refractivity contribution in [3.63, 3.8) is 0 Å². The lowest BCUT2D eigenvalue weighted by Crippen LogP contribution is -2.12. The van der Waals surface area contributed by atoms with Crippen LogP contribution in [0.1, 0.15) is 50.8 Å². The third-order valence-corrected chi connectivity index (χ3v) is 4.23. The smallest absolute Gasteiger partial charge is 0.247 e. The molecule has 1 aliphatic rings. The second-order valence-corrected chi connectivity index (χ2v) is 5.44. The number of nitrogens with zero attached hydrogens (tertiary/aromatic N) is 2. The van der Waals surface area contributed by atoms with Crippen LogP contribution < -0.4 is 0 Å². The first-order valence-electron chi connectivity index (χ1n) is 7.25. The fraction of sp³-hybridized carbons (Fsp3) is 0.500. The first kappa shape index (κ1) is 12.4. The molecule has 1 saturated carbocycles. The molecule has 0 bridgehead atoms. The zero-order valence-electron chi connectivity index (χ0n) is 11.4. The summed E-state index contributed by atoms with van der Waals surface area (Å²) in [7, 11) is 0. The first-order chi connectivity index (χ1) is 9.36. The Bertz CT molecular complexity index is 513. The molecule has 1 aromatic carbocycles. The molecule has 0 N–H and O–H groups in total. The van der Waals surface area contributed by atoms with E-state index in [0.29, 0.717) is 11.8 Å². The second kappa shape index (κ2) is 5.55. The van der Waals surface area contributed by atoms with Crippen molar-refractivity contribution in [2.45, 2.75) is 44.9 Å². The molecule has 19 heavy (non-hydrogen) atoms. The van der Waals surface area contributed by atoms with Gasteiger partial charge in [-0.15, -0.1) is 10.2 Å². The van der Waals surface area contributed by atoms with E-state index in [2.05, 4.69) is 17.1 Å². The van der Waals surface area contributed by atoms with Gasteiger partial charge in [-0.3, -0.25) is 0 Å². The van der Waals surface area contributed by atoms with Crippen LogP contribution in [-0.2, 0) is 0 Å². The second-order valence-electron chi connectivity index (χ2n) is 5.44. The van der Waals surface area contributed by atoms with E-state index in [9.17, 15) is 0 Å². The lowest BCUT2D eigenvalue weighted by molar-refractivity contribution is 0.288. The zero-order chi connectivity index (χ0) is 13.1. The monoisotopic (exact) mass is 256 g/mol. The molecule has 0 amide bonds. The van der Waals surface area contributed by atoms with Crippen LogP contribution in [0.2, 0.25) is 0 Å². The van der Waals surface area contributed by atoms with E-state index in [0.717, 1.165) is 17.4 Å². The Morgan fingerprint density at radius 2 is 1.79 bits per heavy atom. The van der Waals surface area contributed by atoms with Crippen molar-refractivity contribution in [2.75, 3.05) is 0 Å². The van der Waals surface area contributed by atoms with Gasteiger partial charge in [-0.2, -0.15) is 0 Å². The largest absolute Gasteiger partial charge is 0.420 e. The highest BCUT2D eigenvalue weighted by Crippen LogP contribution is 2.36. The summed E-state index contributed by atoms with van der Waals surface area (Å²) in [4.78, 5) is 0. The fourth-order valence-electron chi connectivity index (χ4n) is 2.91. The average Bonchev–Trinajstić information content (AvgIpc) is 2.98. The standard InChI is InChI=1S/C16H20N2O/c1-2-12-8-10-14(11-9-12)16-18-17-15(19-16)13-6-4-3-5-7-13/h3-7,12,14H,2,8-11H2,1H3. The van der Waals surface area contributed by atoms with E-state index in [4.69, 9.17) is 4.42 Å². The molecule has 1 aromatic heterocycles. The van der Waals surface area contributed by atoms with Crippen LogP contribution in [0.4, 0.5) is 0 Å². The molecule has 3 nitrogen and oxygen atoms in total. The summed E-state index contributed by atoms with van der Waals surface area (Å²) >= 11 is 0. The van der Waals surface area contributed by atoms with Crippen molar-refractivity contribution in [1.29, 1.82) is 0 Å². The molecule has 100 valence electrons. The maximum absolute atomic E-state index is 5.86. The van der Waals surface area contributed by atoms with E-state index >= 15 is 0 Å². The van der Waals surface area contributed by atoms with Crippen LogP contribution in [0.3, 0.4) is 0 Å². The Morgan fingerprint density at radius 1 is 1.05 bits per heavy atom. The minimum Gasteiger partial charge on any atom is -0.420 e. The summed E-state index contributed by atoms with van der Waals surface area (Å²) in [5.74, 6) is 2.84. The van der Waals surface area contributed by atoms with E-state index in [-0.39, 0.29) is 0 Å². The van der Waals surface area contributed by atoms with Gasteiger partial charge >= 0.3 is 0 Å². The average molecular weight is 256 g/mol. The molecule has 2 aromatic rings. The minimum atomic E-state index is 0.466. The summed E-state index contributed by atoms with van der Waals surface area (Å²) < 4.78 is 5.86. The number of aromatic nitrogens is 2. The molecule has 0 unspecified atom stereocenters. The van der Waals surface area contributed by atoms with Gasteiger partial charge in [0.1, 0.15) is 0 Å². The zero-order valence-corrected chi connectivity index (χ0v) is 11.4. The Kier molecular flexibility index (Phi) is 3.62. The Labute approximate surface area is 114 Å². The van der Waals surface area contributed by atoms with Crippen LogP contribution in [0.25, 0.3) is 11.5 Å². The highest BCUT2D eigenvalue weighted by Gasteiger charge is 2.25. The molecular formula is C16H20N2O. The highest BCUT2D eigenvalue weighted by atomic mass is 16.4. The molecule has 1 aliphatic carbocycles. The SMILES string of the molecule is CCC1CCC(c2nnc(-c3ccccc3)o2)CC1. The molecule has 3 heteroatoms. The molecule has 1 fully saturated rings. The van der Waals surface area contributed by atoms with Crippen LogP contribution >= 0.6 is 0 Å². The lowest BCUT2D eigenvalue weighted by atomic mass is 9.81. The van der Waals surface area contributed by atoms with Gasteiger partial charge in [-0.05, 0) is 43.7 Å². The Hall–Kier alpha value is -1.64. The summed E-state index contributed by atoms with van der Waals surface area (Å²) in [6.07, 6.45) is 6.27. The molecule has 0 spiro atoms. The van der Waals surface area contributed by atoms with Gasteiger partial charge in [-0.1, -0.05) is 31.5 Å². The van der Waals surface area contributed by atoms with Gasteiger partial charge in [0.25, 0.3) is 0 Å². The number of hydrogen-bond acceptors (Lipinski definition) is 3. The van der Waals surface area contributed by atoms with Crippen molar-refractivity contribution in [2.24, 2.45) is 5.92 Å². The van der Waals surface area contributed by atoms with Crippen molar-refractivity contribution in [3.8, 4) is 11.5 Å². The van der Waals surface area contributed by atoms with Crippen LogP contribution in [0.5, 0.6) is 0 Å². The van der Waals surface area contributed by atoms with Gasteiger partial charge in [0.05, 0.1) is 0 Å². The van der Waals surface area contributed by atoms with Crippen molar-refractivity contribution < 1.29 is 4.42 Å². The fourth-order valence-corrected chi connectivity index (χ4v) is 2.91. The van der Waals surface area contributed by atoms with Crippen LogP contribution in [-0.4, -0.2) is 10.2 Å². The molecule has 3 rings (SSSR count). The van der Waals surface area contributed by atoms with E-state index in [1.165, 1.54) is 32.1 Å². The summed E-state index contributed by atoms with van der Waals surface area (Å²) in [5.41, 5.74) is 1.00. The van der Waals surface area contributed by atoms with Crippen LogP contribution in [0, 0.1) is 5.92 Å². The topological polar surface area (TPSA) is 38.9 Å². The van der Waals surface area contributed by atoms with Crippen molar-refractivity contribution >= 4 is 0 Å². The Morgan fingerprint density at radius 3 is 2.47 bits per heavy atom. The molecule has 0 radical (unpaired) electrons. The van der Waals surface area contributed by atoms with Gasteiger partial charge < -0.3 is 4.42 Å². The van der Waals surface area contributed by atoms with E-state index in [1.54, 1.807) is 0 Å². The molecular weight excluding hydrogens is 236 g/mol. The maximum Gasteiger partial charge on any atom is 0.247 e. The molecule has 0 atom stereocenters. The first-order valence-corrected chi connectivity index (χ1v) is 7.25. The number of rotatable bonds is 3. The van der Waals surface area contributed by atoms with Crippen LogP contribution in [0.15, 0.2) is 34.7 Å². The normalized spacial score (nSPS) is 23.4. The Balaban J connectivity index is 1.72. The summed E-state index contributed by atoms with van der Waals surface area (Å²) in [6, 6.07) is 9.99. The summed E-state index contributed by atoms with van der Waals surface area (Å²) in [6.45, 7) is 2.28.